The summed E-state index contributed by atoms with van der Waals surface area (Å²) in [4.78, 5) is -0.150. The number of nitrogens with two attached hydrogens (primary N) is 1. The Bertz CT molecular complexity index is 842. The maximum absolute atomic E-state index is 13.1. The average molecular weight is 305 g/mol. The van der Waals surface area contributed by atoms with E-state index in [1.165, 1.54) is 6.07 Å². The Morgan fingerprint density at radius 1 is 1.24 bits per heavy atom. The maximum Gasteiger partial charge on any atom is 0.261 e. The lowest BCUT2D eigenvalue weighted by Gasteiger charge is -2.11. The molecule has 0 aliphatic heterocycles. The largest absolute Gasteiger partial charge is 0.396 e. The molecule has 0 spiro atoms. The van der Waals surface area contributed by atoms with E-state index in [1.54, 1.807) is 19.1 Å². The summed E-state index contributed by atoms with van der Waals surface area (Å²) in [5, 5.41) is 8.85. The highest BCUT2D eigenvalue weighted by molar-refractivity contribution is 7.92. The van der Waals surface area contributed by atoms with Gasteiger partial charge in [-0.1, -0.05) is 6.07 Å². The Labute approximate surface area is 121 Å². The standard InChI is InChI=1S/C14H12FN3O2S/c1-9-2-3-10(8-16)6-14(9)18-21(19,20)11-4-5-12(15)13(17)7-11/h2-7,18H,17H2,1H3. The summed E-state index contributed by atoms with van der Waals surface area (Å²) in [6.07, 6.45) is 0. The van der Waals surface area contributed by atoms with Crippen molar-refractivity contribution in [3.05, 3.63) is 53.3 Å². The van der Waals surface area contributed by atoms with Crippen LogP contribution in [0.1, 0.15) is 11.1 Å². The minimum atomic E-state index is -3.91. The van der Waals surface area contributed by atoms with Crippen molar-refractivity contribution in [3.8, 4) is 6.07 Å². The Morgan fingerprint density at radius 2 is 1.95 bits per heavy atom. The summed E-state index contributed by atoms with van der Waals surface area (Å²) in [6, 6.07) is 9.74. The molecule has 0 heterocycles. The van der Waals surface area contributed by atoms with Crippen LogP contribution in [0.4, 0.5) is 15.8 Å². The Hall–Kier alpha value is -2.59. The van der Waals surface area contributed by atoms with Gasteiger partial charge in [0.2, 0.25) is 0 Å². The lowest BCUT2D eigenvalue weighted by Crippen LogP contribution is -2.14. The minimum absolute atomic E-state index is 0.150. The van der Waals surface area contributed by atoms with Crippen molar-refractivity contribution in [2.45, 2.75) is 11.8 Å². The van der Waals surface area contributed by atoms with Crippen molar-refractivity contribution < 1.29 is 12.8 Å². The van der Waals surface area contributed by atoms with E-state index >= 15 is 0 Å². The molecule has 0 atom stereocenters. The van der Waals surface area contributed by atoms with E-state index < -0.39 is 15.8 Å². The molecule has 0 aromatic heterocycles. The average Bonchev–Trinajstić information content (AvgIpc) is 2.44. The molecular weight excluding hydrogens is 293 g/mol. The van der Waals surface area contributed by atoms with Crippen LogP contribution in [-0.4, -0.2) is 8.42 Å². The molecule has 5 nitrogen and oxygen atoms in total. The zero-order valence-electron chi connectivity index (χ0n) is 11.1. The molecule has 0 saturated carbocycles. The minimum Gasteiger partial charge on any atom is -0.396 e. The fourth-order valence-electron chi connectivity index (χ4n) is 1.69. The SMILES string of the molecule is Cc1ccc(C#N)cc1NS(=O)(=O)c1ccc(F)c(N)c1. The van der Waals surface area contributed by atoms with E-state index in [4.69, 9.17) is 11.0 Å². The Balaban J connectivity index is 2.42. The van der Waals surface area contributed by atoms with Crippen LogP contribution in [0.15, 0.2) is 41.3 Å². The normalized spacial score (nSPS) is 10.9. The molecule has 2 rings (SSSR count). The van der Waals surface area contributed by atoms with E-state index in [0.717, 1.165) is 18.2 Å². The van der Waals surface area contributed by atoms with Crippen molar-refractivity contribution in [3.63, 3.8) is 0 Å². The van der Waals surface area contributed by atoms with Crippen LogP contribution in [0.5, 0.6) is 0 Å². The zero-order chi connectivity index (χ0) is 15.6. The second kappa shape index (κ2) is 5.42. The summed E-state index contributed by atoms with van der Waals surface area (Å²) in [5.41, 5.74) is 6.41. The van der Waals surface area contributed by atoms with E-state index in [0.29, 0.717) is 11.1 Å². The van der Waals surface area contributed by atoms with Gasteiger partial charge in [0.05, 0.1) is 27.9 Å². The number of anilines is 2. The smallest absolute Gasteiger partial charge is 0.261 e. The number of nitriles is 1. The molecule has 0 amide bonds. The number of aryl methyl sites for hydroxylation is 1. The van der Waals surface area contributed by atoms with Crippen LogP contribution in [0.3, 0.4) is 0 Å². The fourth-order valence-corrected chi connectivity index (χ4v) is 2.85. The number of nitrogens with zero attached hydrogens (tertiary/aromatic N) is 1. The Morgan fingerprint density at radius 3 is 2.57 bits per heavy atom. The van der Waals surface area contributed by atoms with Gasteiger partial charge in [-0.15, -0.1) is 0 Å². The summed E-state index contributed by atoms with van der Waals surface area (Å²) >= 11 is 0. The molecule has 3 N–H and O–H groups in total. The van der Waals surface area contributed by atoms with Crippen LogP contribution in [0.2, 0.25) is 0 Å². The maximum atomic E-state index is 13.1. The molecule has 2 aromatic carbocycles. The van der Waals surface area contributed by atoms with Gasteiger partial charge in [0.15, 0.2) is 0 Å². The third-order valence-electron chi connectivity index (χ3n) is 2.89. The van der Waals surface area contributed by atoms with Gasteiger partial charge < -0.3 is 5.73 Å². The molecule has 2 aromatic rings. The molecule has 0 aliphatic carbocycles. The van der Waals surface area contributed by atoms with Crippen molar-refractivity contribution in [1.82, 2.24) is 0 Å². The van der Waals surface area contributed by atoms with Gasteiger partial charge in [-0.3, -0.25) is 4.72 Å². The van der Waals surface area contributed by atoms with Gasteiger partial charge in [-0.25, -0.2) is 12.8 Å². The molecule has 0 fully saturated rings. The molecule has 0 radical (unpaired) electrons. The van der Waals surface area contributed by atoms with Gasteiger partial charge in [0, 0.05) is 0 Å². The van der Waals surface area contributed by atoms with Crippen molar-refractivity contribution in [2.75, 3.05) is 10.5 Å². The molecule has 0 saturated heterocycles. The topological polar surface area (TPSA) is 96.0 Å². The lowest BCUT2D eigenvalue weighted by atomic mass is 10.1. The highest BCUT2D eigenvalue weighted by atomic mass is 32.2. The third-order valence-corrected chi connectivity index (χ3v) is 4.25. The zero-order valence-corrected chi connectivity index (χ0v) is 11.9. The second-order valence-electron chi connectivity index (χ2n) is 4.43. The summed E-state index contributed by atoms with van der Waals surface area (Å²) in [5.74, 6) is -0.684. The molecule has 108 valence electrons. The van der Waals surface area contributed by atoms with E-state index in [2.05, 4.69) is 4.72 Å². The number of sulfonamides is 1. The number of rotatable bonds is 3. The van der Waals surface area contributed by atoms with E-state index in [1.807, 2.05) is 6.07 Å². The predicted octanol–water partition coefficient (Wildman–Crippen LogP) is 2.39. The van der Waals surface area contributed by atoms with Gasteiger partial charge in [0.1, 0.15) is 5.82 Å². The van der Waals surface area contributed by atoms with Crippen molar-refractivity contribution >= 4 is 21.4 Å². The first-order valence-electron chi connectivity index (χ1n) is 5.92. The van der Waals surface area contributed by atoms with Gasteiger partial charge in [0.25, 0.3) is 10.0 Å². The molecule has 0 aliphatic rings. The molecule has 0 bridgehead atoms. The number of nitrogens with one attached hydrogen (secondary N) is 1. The van der Waals surface area contributed by atoms with E-state index in [9.17, 15) is 12.8 Å². The first-order chi connectivity index (χ1) is 9.83. The van der Waals surface area contributed by atoms with Crippen LogP contribution in [0.25, 0.3) is 0 Å². The summed E-state index contributed by atoms with van der Waals surface area (Å²) in [7, 11) is -3.91. The van der Waals surface area contributed by atoms with Gasteiger partial charge >= 0.3 is 0 Å². The highest BCUT2D eigenvalue weighted by Gasteiger charge is 2.17. The van der Waals surface area contributed by atoms with Crippen LogP contribution in [-0.2, 0) is 10.0 Å². The predicted molar refractivity (Wildman–Crippen MR) is 77.5 cm³/mol. The number of hydrogen-bond acceptors (Lipinski definition) is 4. The Kier molecular flexibility index (Phi) is 3.82. The molecule has 0 unspecified atom stereocenters. The van der Waals surface area contributed by atoms with Crippen LogP contribution >= 0.6 is 0 Å². The van der Waals surface area contributed by atoms with Crippen molar-refractivity contribution in [1.29, 1.82) is 5.26 Å². The number of hydrogen-bond donors (Lipinski definition) is 2. The van der Waals surface area contributed by atoms with Crippen molar-refractivity contribution in [2.24, 2.45) is 0 Å². The van der Waals surface area contributed by atoms with Crippen LogP contribution < -0.4 is 10.5 Å². The first-order valence-corrected chi connectivity index (χ1v) is 7.40. The monoisotopic (exact) mass is 305 g/mol. The lowest BCUT2D eigenvalue weighted by molar-refractivity contribution is 0.600. The van der Waals surface area contributed by atoms with Gasteiger partial charge in [-0.2, -0.15) is 5.26 Å². The number of halogens is 1. The quantitative estimate of drug-likeness (QED) is 0.851. The molecule has 21 heavy (non-hydrogen) atoms. The fraction of sp³-hybridized carbons (Fsp3) is 0.0714. The number of nitrogen functional groups attached to an aromatic ring is 1. The third kappa shape index (κ3) is 3.12. The second-order valence-corrected chi connectivity index (χ2v) is 6.11. The summed E-state index contributed by atoms with van der Waals surface area (Å²) in [6.45, 7) is 1.71. The molecular formula is C14H12FN3O2S. The van der Waals surface area contributed by atoms with E-state index in [-0.39, 0.29) is 16.3 Å². The molecule has 7 heteroatoms. The highest BCUT2D eigenvalue weighted by Crippen LogP contribution is 2.23. The van der Waals surface area contributed by atoms with Crippen LogP contribution in [0, 0.1) is 24.1 Å². The summed E-state index contributed by atoms with van der Waals surface area (Å²) < 4.78 is 40.0. The van der Waals surface area contributed by atoms with Gasteiger partial charge in [-0.05, 0) is 42.8 Å². The first kappa shape index (κ1) is 14.8. The number of benzene rings is 2.